The maximum atomic E-state index is 12.2. The number of hydrogen-bond acceptors (Lipinski definition) is 4. The van der Waals surface area contributed by atoms with Crippen molar-refractivity contribution in [2.24, 2.45) is 5.92 Å². The number of amides is 1. The third kappa shape index (κ3) is 3.92. The molecule has 1 aliphatic heterocycles. The predicted molar refractivity (Wildman–Crippen MR) is 77.3 cm³/mol. The summed E-state index contributed by atoms with van der Waals surface area (Å²) < 4.78 is 0. The van der Waals surface area contributed by atoms with Gasteiger partial charge in [-0.2, -0.15) is 5.26 Å². The average Bonchev–Trinajstić information content (AvgIpc) is 2.48. The second-order valence-electron chi connectivity index (χ2n) is 4.86. The first-order chi connectivity index (χ1) is 9.70. The quantitative estimate of drug-likeness (QED) is 0.865. The summed E-state index contributed by atoms with van der Waals surface area (Å²) in [6.07, 6.45) is 3.76. The van der Waals surface area contributed by atoms with Gasteiger partial charge in [0.25, 0.3) is 0 Å². The fourth-order valence-corrected chi connectivity index (χ4v) is 2.51. The van der Waals surface area contributed by atoms with Crippen molar-refractivity contribution in [1.82, 2.24) is 9.88 Å². The van der Waals surface area contributed by atoms with Crippen molar-refractivity contribution in [2.45, 2.75) is 19.3 Å². The number of carbonyl (C=O) groups excluding carboxylic acids is 1. The van der Waals surface area contributed by atoms with Gasteiger partial charge in [-0.3, -0.25) is 4.79 Å². The van der Waals surface area contributed by atoms with E-state index in [1.807, 2.05) is 0 Å². The van der Waals surface area contributed by atoms with Gasteiger partial charge >= 0.3 is 0 Å². The number of hydrogen-bond donors (Lipinski definition) is 1. The van der Waals surface area contributed by atoms with Crippen molar-refractivity contribution in [3.63, 3.8) is 0 Å². The summed E-state index contributed by atoms with van der Waals surface area (Å²) in [6.45, 7) is 2.51. The number of piperidine rings is 1. The molecule has 0 saturated carbocycles. The second kappa shape index (κ2) is 7.22. The third-order valence-electron chi connectivity index (χ3n) is 3.52. The number of nitrogens with one attached hydrogen (secondary N) is 1. The molecule has 106 valence electrons. The van der Waals surface area contributed by atoms with E-state index in [4.69, 9.17) is 16.9 Å². The summed E-state index contributed by atoms with van der Waals surface area (Å²) in [5.74, 6) is 0.00411. The molecule has 0 bridgehead atoms. The molecule has 1 aromatic heterocycles. The molecule has 0 radical (unpaired) electrons. The Bertz CT molecular complexity index is 506. The lowest BCUT2D eigenvalue weighted by molar-refractivity contribution is -0.121. The Morgan fingerprint density at radius 2 is 2.30 bits per heavy atom. The van der Waals surface area contributed by atoms with Crippen LogP contribution in [0.2, 0.25) is 5.15 Å². The van der Waals surface area contributed by atoms with Crippen LogP contribution in [0, 0.1) is 17.2 Å². The lowest BCUT2D eigenvalue weighted by atomic mass is 9.96. The van der Waals surface area contributed by atoms with Gasteiger partial charge in [0.15, 0.2) is 5.15 Å². The molecule has 0 unspecified atom stereocenters. The molecule has 0 atom stereocenters. The smallest absolute Gasteiger partial charge is 0.227 e. The highest BCUT2D eigenvalue weighted by atomic mass is 35.5. The molecule has 1 aromatic rings. The summed E-state index contributed by atoms with van der Waals surface area (Å²) in [7, 11) is 0. The zero-order chi connectivity index (χ0) is 14.4. The molecule has 0 spiro atoms. The zero-order valence-electron chi connectivity index (χ0n) is 11.2. The Hall–Kier alpha value is -1.64. The van der Waals surface area contributed by atoms with E-state index in [1.54, 1.807) is 18.3 Å². The Labute approximate surface area is 123 Å². The van der Waals surface area contributed by atoms with Crippen LogP contribution < -0.4 is 5.32 Å². The Morgan fingerprint density at radius 3 is 2.95 bits per heavy atom. The van der Waals surface area contributed by atoms with E-state index >= 15 is 0 Å². The van der Waals surface area contributed by atoms with Crippen LogP contribution in [0.25, 0.3) is 0 Å². The number of anilines is 1. The van der Waals surface area contributed by atoms with Gasteiger partial charge in [-0.05, 0) is 38.1 Å². The van der Waals surface area contributed by atoms with E-state index < -0.39 is 0 Å². The minimum atomic E-state index is -0.000154. The highest BCUT2D eigenvalue weighted by molar-refractivity contribution is 6.32. The van der Waals surface area contributed by atoms with E-state index in [0.717, 1.165) is 32.5 Å². The maximum Gasteiger partial charge on any atom is 0.227 e. The van der Waals surface area contributed by atoms with Gasteiger partial charge in [0.05, 0.1) is 11.8 Å². The topological polar surface area (TPSA) is 69.0 Å². The first kappa shape index (κ1) is 14.8. The van der Waals surface area contributed by atoms with Crippen LogP contribution >= 0.6 is 11.6 Å². The van der Waals surface area contributed by atoms with E-state index in [0.29, 0.717) is 17.3 Å². The third-order valence-corrected chi connectivity index (χ3v) is 3.82. The van der Waals surface area contributed by atoms with Crippen molar-refractivity contribution in [3.05, 3.63) is 23.5 Å². The second-order valence-corrected chi connectivity index (χ2v) is 5.21. The molecule has 2 heterocycles. The van der Waals surface area contributed by atoms with Crippen molar-refractivity contribution in [3.8, 4) is 6.07 Å². The van der Waals surface area contributed by atoms with Gasteiger partial charge in [-0.25, -0.2) is 4.98 Å². The number of likely N-dealkylation sites (tertiary alicyclic amines) is 1. The summed E-state index contributed by atoms with van der Waals surface area (Å²) >= 11 is 5.92. The normalized spacial score (nSPS) is 16.6. The van der Waals surface area contributed by atoms with Gasteiger partial charge < -0.3 is 10.2 Å². The van der Waals surface area contributed by atoms with Gasteiger partial charge in [0, 0.05) is 25.1 Å². The van der Waals surface area contributed by atoms with Crippen LogP contribution in [-0.2, 0) is 4.79 Å². The van der Waals surface area contributed by atoms with Gasteiger partial charge in [-0.1, -0.05) is 11.6 Å². The summed E-state index contributed by atoms with van der Waals surface area (Å²) in [5, 5.41) is 11.7. The van der Waals surface area contributed by atoms with Gasteiger partial charge in [0.1, 0.15) is 0 Å². The lowest BCUT2D eigenvalue weighted by Crippen LogP contribution is -2.38. The molecule has 0 aliphatic carbocycles. The average molecular weight is 293 g/mol. The minimum Gasteiger partial charge on any atom is -0.323 e. The van der Waals surface area contributed by atoms with Gasteiger partial charge in [-0.15, -0.1) is 0 Å². The highest BCUT2D eigenvalue weighted by Gasteiger charge is 2.25. The SMILES string of the molecule is N#CCCN1CCC(C(=O)Nc2cccnc2Cl)CC1. The molecule has 1 saturated heterocycles. The summed E-state index contributed by atoms with van der Waals surface area (Å²) in [4.78, 5) is 18.3. The minimum absolute atomic E-state index is 0.000154. The molecule has 1 fully saturated rings. The summed E-state index contributed by atoms with van der Waals surface area (Å²) in [5.41, 5.74) is 0.561. The van der Waals surface area contributed by atoms with Crippen LogP contribution in [-0.4, -0.2) is 35.4 Å². The number of nitrogens with zero attached hydrogens (tertiary/aromatic N) is 3. The molecule has 5 nitrogen and oxygen atoms in total. The van der Waals surface area contributed by atoms with Crippen molar-refractivity contribution in [2.75, 3.05) is 25.0 Å². The standard InChI is InChI=1S/C14H17ClN4O/c15-13-12(3-1-7-17-13)18-14(20)11-4-9-19(10-5-11)8-2-6-16/h1,3,7,11H,2,4-5,8-10H2,(H,18,20). The largest absolute Gasteiger partial charge is 0.323 e. The Morgan fingerprint density at radius 1 is 1.55 bits per heavy atom. The van der Waals surface area contributed by atoms with Crippen LogP contribution in [0.1, 0.15) is 19.3 Å². The van der Waals surface area contributed by atoms with Crippen LogP contribution in [0.5, 0.6) is 0 Å². The molecular formula is C14H17ClN4O. The van der Waals surface area contributed by atoms with Crippen molar-refractivity contribution in [1.29, 1.82) is 5.26 Å². The fourth-order valence-electron chi connectivity index (χ4n) is 2.34. The van der Waals surface area contributed by atoms with Crippen molar-refractivity contribution < 1.29 is 4.79 Å². The van der Waals surface area contributed by atoms with Gasteiger partial charge in [0.2, 0.25) is 5.91 Å². The first-order valence-electron chi connectivity index (χ1n) is 6.71. The molecule has 6 heteroatoms. The predicted octanol–water partition coefficient (Wildman–Crippen LogP) is 2.30. The van der Waals surface area contributed by atoms with Crippen LogP contribution in [0.15, 0.2) is 18.3 Å². The number of pyridine rings is 1. The molecule has 1 amide bonds. The number of nitriles is 1. The van der Waals surface area contributed by atoms with E-state index in [-0.39, 0.29) is 11.8 Å². The molecule has 20 heavy (non-hydrogen) atoms. The number of aromatic nitrogens is 1. The zero-order valence-corrected chi connectivity index (χ0v) is 11.9. The van der Waals surface area contributed by atoms with E-state index in [2.05, 4.69) is 21.3 Å². The van der Waals surface area contributed by atoms with E-state index in [9.17, 15) is 4.79 Å². The molecule has 0 aromatic carbocycles. The monoisotopic (exact) mass is 292 g/mol. The summed E-state index contributed by atoms with van der Waals surface area (Å²) in [6, 6.07) is 5.63. The fraction of sp³-hybridized carbons (Fsp3) is 0.500. The number of carbonyl (C=O) groups is 1. The molecule has 2 rings (SSSR count). The Kier molecular flexibility index (Phi) is 5.33. The maximum absolute atomic E-state index is 12.2. The van der Waals surface area contributed by atoms with Crippen LogP contribution in [0.4, 0.5) is 5.69 Å². The number of halogens is 1. The molecule has 1 N–H and O–H groups in total. The van der Waals surface area contributed by atoms with Crippen LogP contribution in [0.3, 0.4) is 0 Å². The van der Waals surface area contributed by atoms with E-state index in [1.165, 1.54) is 0 Å². The number of rotatable bonds is 4. The van der Waals surface area contributed by atoms with Crippen molar-refractivity contribution >= 4 is 23.2 Å². The molecular weight excluding hydrogens is 276 g/mol. The Balaban J connectivity index is 1.83. The molecule has 1 aliphatic rings. The highest BCUT2D eigenvalue weighted by Crippen LogP contribution is 2.22. The lowest BCUT2D eigenvalue weighted by Gasteiger charge is -2.30. The first-order valence-corrected chi connectivity index (χ1v) is 7.09.